The summed E-state index contributed by atoms with van der Waals surface area (Å²) >= 11 is 6.11. The van der Waals surface area contributed by atoms with Gasteiger partial charge in [-0.05, 0) is 23.8 Å². The standard InChI is InChI=1S/C18H19ClN4O3/c19-15-3-1-2-12(8-15)17-10-21-6-7-22(17)11-14-5-4-13(18(20)24)9-16(14)23(25)26/h1-5,8-9,17,21H,6-7,10-11H2,(H2,20,24). The molecule has 1 atom stereocenters. The molecule has 26 heavy (non-hydrogen) atoms. The molecule has 7 nitrogen and oxygen atoms in total. The van der Waals surface area contributed by atoms with Crippen molar-refractivity contribution < 1.29 is 9.72 Å². The third kappa shape index (κ3) is 4.01. The molecule has 1 heterocycles. The number of carbonyl (C=O) groups is 1. The number of carbonyl (C=O) groups excluding carboxylic acids is 1. The smallest absolute Gasteiger partial charge is 0.274 e. The molecule has 1 fully saturated rings. The van der Waals surface area contributed by atoms with Crippen LogP contribution in [0.4, 0.5) is 5.69 Å². The molecule has 0 spiro atoms. The van der Waals surface area contributed by atoms with E-state index in [9.17, 15) is 14.9 Å². The number of halogens is 1. The summed E-state index contributed by atoms with van der Waals surface area (Å²) in [4.78, 5) is 24.5. The number of nitrogens with zero attached hydrogens (tertiary/aromatic N) is 2. The first-order valence-corrected chi connectivity index (χ1v) is 8.61. The van der Waals surface area contributed by atoms with Gasteiger partial charge < -0.3 is 11.1 Å². The van der Waals surface area contributed by atoms with Gasteiger partial charge in [0.15, 0.2) is 0 Å². The van der Waals surface area contributed by atoms with Crippen molar-refractivity contribution in [2.45, 2.75) is 12.6 Å². The molecule has 0 bridgehead atoms. The zero-order valence-corrected chi connectivity index (χ0v) is 14.8. The van der Waals surface area contributed by atoms with Crippen molar-refractivity contribution in [2.24, 2.45) is 5.73 Å². The van der Waals surface area contributed by atoms with Crippen molar-refractivity contribution in [1.82, 2.24) is 10.2 Å². The van der Waals surface area contributed by atoms with E-state index in [2.05, 4.69) is 10.2 Å². The Labute approximate surface area is 155 Å². The molecule has 2 aromatic rings. The monoisotopic (exact) mass is 374 g/mol. The molecule has 1 unspecified atom stereocenters. The second-order valence-corrected chi connectivity index (χ2v) is 6.65. The van der Waals surface area contributed by atoms with Crippen LogP contribution in [0.5, 0.6) is 0 Å². The topological polar surface area (TPSA) is 102 Å². The summed E-state index contributed by atoms with van der Waals surface area (Å²) in [5.41, 5.74) is 6.88. The summed E-state index contributed by atoms with van der Waals surface area (Å²) in [6.45, 7) is 2.66. The van der Waals surface area contributed by atoms with Crippen LogP contribution in [0, 0.1) is 10.1 Å². The molecule has 1 amide bonds. The summed E-state index contributed by atoms with van der Waals surface area (Å²) in [7, 11) is 0. The molecule has 136 valence electrons. The highest BCUT2D eigenvalue weighted by Gasteiger charge is 2.26. The zero-order chi connectivity index (χ0) is 18.7. The van der Waals surface area contributed by atoms with Crippen molar-refractivity contribution in [2.75, 3.05) is 19.6 Å². The van der Waals surface area contributed by atoms with Crippen molar-refractivity contribution >= 4 is 23.2 Å². The van der Waals surface area contributed by atoms with Gasteiger partial charge in [-0.15, -0.1) is 0 Å². The summed E-state index contributed by atoms with van der Waals surface area (Å²) in [6.07, 6.45) is 0. The average Bonchev–Trinajstić information content (AvgIpc) is 2.62. The number of nitro groups is 1. The maximum atomic E-state index is 11.4. The Kier molecular flexibility index (Phi) is 5.51. The fraction of sp³-hybridized carbons (Fsp3) is 0.278. The third-order valence-corrected chi connectivity index (χ3v) is 4.76. The Hall–Kier alpha value is -2.48. The zero-order valence-electron chi connectivity index (χ0n) is 14.0. The van der Waals surface area contributed by atoms with Gasteiger partial charge in [0.25, 0.3) is 5.69 Å². The predicted molar refractivity (Wildman–Crippen MR) is 99.1 cm³/mol. The highest BCUT2D eigenvalue weighted by Crippen LogP contribution is 2.29. The minimum Gasteiger partial charge on any atom is -0.366 e. The Bertz CT molecular complexity index is 843. The van der Waals surface area contributed by atoms with E-state index < -0.39 is 10.8 Å². The van der Waals surface area contributed by atoms with Crippen LogP contribution >= 0.6 is 11.6 Å². The number of primary amides is 1. The molecule has 3 rings (SSSR count). The number of amides is 1. The first-order chi connectivity index (χ1) is 12.5. The molecule has 0 aromatic heterocycles. The van der Waals surface area contributed by atoms with E-state index in [0.717, 1.165) is 25.2 Å². The number of nitrogens with one attached hydrogen (secondary N) is 1. The Balaban J connectivity index is 1.90. The van der Waals surface area contributed by atoms with Gasteiger partial charge in [-0.25, -0.2) is 0 Å². The van der Waals surface area contributed by atoms with Gasteiger partial charge in [-0.3, -0.25) is 19.8 Å². The van der Waals surface area contributed by atoms with Gasteiger partial charge in [0.05, 0.1) is 4.92 Å². The molecule has 1 aliphatic rings. The van der Waals surface area contributed by atoms with Crippen LogP contribution in [0.2, 0.25) is 5.02 Å². The maximum absolute atomic E-state index is 11.4. The normalized spacial score (nSPS) is 17.8. The lowest BCUT2D eigenvalue weighted by Gasteiger charge is -2.36. The lowest BCUT2D eigenvalue weighted by Crippen LogP contribution is -2.45. The first-order valence-electron chi connectivity index (χ1n) is 8.23. The molecule has 3 N–H and O–H groups in total. The predicted octanol–water partition coefficient (Wildman–Crippen LogP) is 2.49. The average molecular weight is 375 g/mol. The highest BCUT2D eigenvalue weighted by molar-refractivity contribution is 6.30. The van der Waals surface area contributed by atoms with Gasteiger partial charge in [0, 0.05) is 54.4 Å². The Morgan fingerprint density at radius 1 is 1.35 bits per heavy atom. The number of nitro benzene ring substituents is 1. The molecule has 1 aliphatic heterocycles. The van der Waals surface area contributed by atoms with Crippen molar-refractivity contribution in [1.29, 1.82) is 0 Å². The lowest BCUT2D eigenvalue weighted by molar-refractivity contribution is -0.385. The SMILES string of the molecule is NC(=O)c1ccc(CN2CCNCC2c2cccc(Cl)c2)c([N+](=O)[O-])c1. The third-order valence-electron chi connectivity index (χ3n) is 4.53. The van der Waals surface area contributed by atoms with Crippen molar-refractivity contribution in [3.05, 3.63) is 74.3 Å². The largest absolute Gasteiger partial charge is 0.366 e. The molecule has 0 saturated carbocycles. The van der Waals surface area contributed by atoms with Crippen molar-refractivity contribution in [3.8, 4) is 0 Å². The molecule has 8 heteroatoms. The van der Waals surface area contributed by atoms with E-state index in [1.165, 1.54) is 12.1 Å². The van der Waals surface area contributed by atoms with Crippen LogP contribution < -0.4 is 11.1 Å². The summed E-state index contributed by atoms with van der Waals surface area (Å²) < 4.78 is 0. The second-order valence-electron chi connectivity index (χ2n) is 6.21. The lowest BCUT2D eigenvalue weighted by atomic mass is 10.0. The summed E-state index contributed by atoms with van der Waals surface area (Å²) in [5, 5.41) is 15.4. The molecule has 2 aromatic carbocycles. The molecule has 1 saturated heterocycles. The van der Waals surface area contributed by atoms with Crippen LogP contribution in [0.15, 0.2) is 42.5 Å². The van der Waals surface area contributed by atoms with Crippen LogP contribution in [-0.4, -0.2) is 35.4 Å². The minimum absolute atomic E-state index is 0.0536. The fourth-order valence-electron chi connectivity index (χ4n) is 3.22. The number of hydrogen-bond donors (Lipinski definition) is 2. The molecular formula is C18H19ClN4O3. The highest BCUT2D eigenvalue weighted by atomic mass is 35.5. The summed E-state index contributed by atoms with van der Waals surface area (Å²) in [5.74, 6) is -0.682. The molecule has 0 radical (unpaired) electrons. The maximum Gasteiger partial charge on any atom is 0.274 e. The second kappa shape index (κ2) is 7.82. The minimum atomic E-state index is -0.682. The number of hydrogen-bond acceptors (Lipinski definition) is 5. The Morgan fingerprint density at radius 3 is 2.85 bits per heavy atom. The molecule has 0 aliphatic carbocycles. The number of benzene rings is 2. The van der Waals surface area contributed by atoms with E-state index in [0.29, 0.717) is 17.1 Å². The van der Waals surface area contributed by atoms with E-state index in [1.807, 2.05) is 24.3 Å². The molecular weight excluding hydrogens is 356 g/mol. The first kappa shape index (κ1) is 18.3. The van der Waals surface area contributed by atoms with Gasteiger partial charge in [0.2, 0.25) is 5.91 Å². The van der Waals surface area contributed by atoms with E-state index >= 15 is 0 Å². The van der Waals surface area contributed by atoms with E-state index in [-0.39, 0.29) is 17.3 Å². The quantitative estimate of drug-likeness (QED) is 0.618. The number of rotatable bonds is 5. The Morgan fingerprint density at radius 2 is 2.15 bits per heavy atom. The van der Waals surface area contributed by atoms with Crippen LogP contribution in [-0.2, 0) is 6.54 Å². The fourth-order valence-corrected chi connectivity index (χ4v) is 3.42. The van der Waals surface area contributed by atoms with Gasteiger partial charge in [-0.2, -0.15) is 0 Å². The van der Waals surface area contributed by atoms with Crippen LogP contribution in [0.25, 0.3) is 0 Å². The van der Waals surface area contributed by atoms with Gasteiger partial charge in [-0.1, -0.05) is 29.8 Å². The summed E-state index contributed by atoms with van der Waals surface area (Å²) in [6, 6.07) is 12.1. The van der Waals surface area contributed by atoms with Crippen LogP contribution in [0.3, 0.4) is 0 Å². The number of nitrogens with two attached hydrogens (primary N) is 1. The van der Waals surface area contributed by atoms with Crippen LogP contribution in [0.1, 0.15) is 27.5 Å². The van der Waals surface area contributed by atoms with Gasteiger partial charge >= 0.3 is 0 Å². The van der Waals surface area contributed by atoms with E-state index in [4.69, 9.17) is 17.3 Å². The van der Waals surface area contributed by atoms with Gasteiger partial charge in [0.1, 0.15) is 0 Å². The number of piperazine rings is 1. The van der Waals surface area contributed by atoms with Crippen molar-refractivity contribution in [3.63, 3.8) is 0 Å². The van der Waals surface area contributed by atoms with E-state index in [1.54, 1.807) is 6.07 Å².